The molecule has 2 aromatic heterocycles. The van der Waals surface area contributed by atoms with E-state index in [9.17, 15) is 22.0 Å². The van der Waals surface area contributed by atoms with Crippen LogP contribution in [0.3, 0.4) is 0 Å². The normalized spacial score (nSPS) is 22.2. The van der Waals surface area contributed by atoms with Crippen LogP contribution in [0.2, 0.25) is 0 Å². The van der Waals surface area contributed by atoms with Crippen molar-refractivity contribution in [3.8, 4) is 5.75 Å². The molecular formula is C27H31F2N5O5S. The molecule has 1 aromatic carbocycles. The number of aromatic nitrogens is 2. The Morgan fingerprint density at radius 2 is 1.95 bits per heavy atom. The van der Waals surface area contributed by atoms with Crippen LogP contribution >= 0.6 is 0 Å². The van der Waals surface area contributed by atoms with Crippen LogP contribution in [0.4, 0.5) is 14.5 Å². The van der Waals surface area contributed by atoms with E-state index in [1.54, 1.807) is 24.4 Å². The Morgan fingerprint density at radius 1 is 1.18 bits per heavy atom. The summed E-state index contributed by atoms with van der Waals surface area (Å²) in [4.78, 5) is 19.1. The zero-order chi connectivity index (χ0) is 28.0. The minimum atomic E-state index is -4.01. The third-order valence-electron chi connectivity index (χ3n) is 7.76. The van der Waals surface area contributed by atoms with Gasteiger partial charge in [0.2, 0.25) is 0 Å². The predicted octanol–water partition coefficient (Wildman–Crippen LogP) is 3.39. The van der Waals surface area contributed by atoms with Gasteiger partial charge in [0, 0.05) is 50.7 Å². The molecule has 2 atom stereocenters. The minimum absolute atomic E-state index is 0.0199. The lowest BCUT2D eigenvalue weighted by Gasteiger charge is -2.30. The Morgan fingerprint density at radius 3 is 2.70 bits per heavy atom. The SMILES string of the molecule is CN(C1CC1)S(=O)(=O)NC(=O)c1cnc2ccc(N3CC(F)CC3c3cc(F)ccc3OC3CCOCC3)cn12. The van der Waals surface area contributed by atoms with Gasteiger partial charge in [-0.2, -0.15) is 12.7 Å². The second kappa shape index (κ2) is 10.6. The maximum Gasteiger partial charge on any atom is 0.304 e. The van der Waals surface area contributed by atoms with Crippen LogP contribution in [-0.2, 0) is 14.9 Å². The standard InChI is InChI=1S/C27H31F2N5O5S/c1-32(19-3-4-19)40(36,37)31-27(35)24-14-30-26-7-5-20(16-34(24)26)33-15-18(29)13-23(33)22-12-17(28)2-6-25(22)39-21-8-10-38-11-9-21/h2,5-7,12,14,16,18-19,21,23H,3-4,8-11,13,15H2,1H3,(H,31,35). The first kappa shape index (κ1) is 26.9. The van der Waals surface area contributed by atoms with Gasteiger partial charge in [-0.1, -0.05) is 0 Å². The van der Waals surface area contributed by atoms with E-state index in [1.165, 1.54) is 29.8 Å². The first-order valence-electron chi connectivity index (χ1n) is 13.4. The van der Waals surface area contributed by atoms with Crippen molar-refractivity contribution < 1.29 is 31.5 Å². The summed E-state index contributed by atoms with van der Waals surface area (Å²) in [7, 11) is -2.58. The van der Waals surface area contributed by atoms with Gasteiger partial charge in [0.15, 0.2) is 0 Å². The Kier molecular flexibility index (Phi) is 7.13. The molecule has 1 N–H and O–H groups in total. The van der Waals surface area contributed by atoms with Crippen molar-refractivity contribution in [1.82, 2.24) is 18.4 Å². The maximum absolute atomic E-state index is 14.9. The zero-order valence-corrected chi connectivity index (χ0v) is 22.8. The van der Waals surface area contributed by atoms with E-state index >= 15 is 0 Å². The van der Waals surface area contributed by atoms with Crippen molar-refractivity contribution in [3.63, 3.8) is 0 Å². The first-order valence-corrected chi connectivity index (χ1v) is 14.9. The quantitative estimate of drug-likeness (QED) is 0.439. The van der Waals surface area contributed by atoms with Crippen molar-refractivity contribution in [2.24, 2.45) is 0 Å². The predicted molar refractivity (Wildman–Crippen MR) is 143 cm³/mol. The molecule has 0 spiro atoms. The van der Waals surface area contributed by atoms with Crippen LogP contribution in [0.5, 0.6) is 5.75 Å². The van der Waals surface area contributed by atoms with Crippen molar-refractivity contribution in [2.75, 3.05) is 31.7 Å². The third kappa shape index (κ3) is 5.37. The number of fused-ring (bicyclic) bond motifs is 1. The number of imidazole rings is 1. The lowest BCUT2D eigenvalue weighted by Crippen LogP contribution is -2.42. The van der Waals surface area contributed by atoms with Crippen molar-refractivity contribution in [2.45, 2.75) is 56.5 Å². The van der Waals surface area contributed by atoms with Crippen LogP contribution in [0, 0.1) is 5.82 Å². The molecule has 1 saturated carbocycles. The van der Waals surface area contributed by atoms with Gasteiger partial charge in [-0.05, 0) is 43.2 Å². The molecule has 0 radical (unpaired) electrons. The number of carbonyl (C=O) groups excluding carboxylic acids is 1. The van der Waals surface area contributed by atoms with Crippen LogP contribution in [-0.4, -0.2) is 73.1 Å². The van der Waals surface area contributed by atoms with E-state index in [2.05, 4.69) is 9.71 Å². The Bertz CT molecular complexity index is 1520. The summed E-state index contributed by atoms with van der Waals surface area (Å²) in [5.74, 6) is -0.764. The Hall–Kier alpha value is -3.29. The number of nitrogens with one attached hydrogen (secondary N) is 1. The molecular weight excluding hydrogens is 544 g/mol. The van der Waals surface area contributed by atoms with Crippen LogP contribution in [0.15, 0.2) is 42.7 Å². The summed E-state index contributed by atoms with van der Waals surface area (Å²) in [5, 5.41) is 0. The molecule has 214 valence electrons. The molecule has 40 heavy (non-hydrogen) atoms. The lowest BCUT2D eigenvalue weighted by atomic mass is 10.0. The lowest BCUT2D eigenvalue weighted by molar-refractivity contribution is 0.0250. The molecule has 3 aromatic rings. The molecule has 6 rings (SSSR count). The molecule has 1 aliphatic carbocycles. The van der Waals surface area contributed by atoms with Gasteiger partial charge in [-0.3, -0.25) is 9.20 Å². The number of amides is 1. The molecule has 1 amide bonds. The maximum atomic E-state index is 14.9. The average molecular weight is 576 g/mol. The highest BCUT2D eigenvalue weighted by atomic mass is 32.2. The average Bonchev–Trinajstić information content (AvgIpc) is 3.58. The first-order chi connectivity index (χ1) is 19.2. The highest BCUT2D eigenvalue weighted by Crippen LogP contribution is 2.42. The van der Waals surface area contributed by atoms with Gasteiger partial charge in [0.05, 0.1) is 31.1 Å². The van der Waals surface area contributed by atoms with Gasteiger partial charge in [0.1, 0.15) is 35.2 Å². The summed E-state index contributed by atoms with van der Waals surface area (Å²) < 4.78 is 71.1. The fraction of sp³-hybridized carbons (Fsp3) is 0.481. The van der Waals surface area contributed by atoms with Gasteiger partial charge in [0.25, 0.3) is 5.91 Å². The number of halogens is 2. The molecule has 3 aliphatic rings. The minimum Gasteiger partial charge on any atom is -0.490 e. The van der Waals surface area contributed by atoms with Gasteiger partial charge in [-0.15, -0.1) is 0 Å². The number of carbonyl (C=O) groups is 1. The Balaban J connectivity index is 1.30. The van der Waals surface area contributed by atoms with Gasteiger partial charge in [-0.25, -0.2) is 18.5 Å². The number of pyridine rings is 1. The number of nitrogens with zero attached hydrogens (tertiary/aromatic N) is 4. The van der Waals surface area contributed by atoms with Crippen LogP contribution in [0.25, 0.3) is 5.65 Å². The van der Waals surface area contributed by atoms with Gasteiger partial charge < -0.3 is 14.4 Å². The van der Waals surface area contributed by atoms with Gasteiger partial charge >= 0.3 is 10.2 Å². The number of anilines is 1. The number of benzene rings is 1. The molecule has 2 aliphatic heterocycles. The van der Waals surface area contributed by atoms with Crippen molar-refractivity contribution in [3.05, 3.63) is 59.8 Å². The fourth-order valence-electron chi connectivity index (χ4n) is 5.41. The summed E-state index contributed by atoms with van der Waals surface area (Å²) in [5.41, 5.74) is 1.56. The topological polar surface area (TPSA) is 105 Å². The third-order valence-corrected chi connectivity index (χ3v) is 9.26. The van der Waals surface area contributed by atoms with E-state index < -0.39 is 34.1 Å². The van der Waals surface area contributed by atoms with E-state index in [-0.39, 0.29) is 30.8 Å². The summed E-state index contributed by atoms with van der Waals surface area (Å²) in [6, 6.07) is 7.11. The van der Waals surface area contributed by atoms with E-state index in [0.29, 0.717) is 48.7 Å². The number of rotatable bonds is 8. The number of hydrogen-bond acceptors (Lipinski definition) is 7. The molecule has 13 heteroatoms. The summed E-state index contributed by atoms with van der Waals surface area (Å²) in [6.07, 6.45) is 4.74. The largest absolute Gasteiger partial charge is 0.490 e. The molecule has 3 fully saturated rings. The van der Waals surface area contributed by atoms with E-state index in [4.69, 9.17) is 9.47 Å². The van der Waals surface area contributed by atoms with Crippen molar-refractivity contribution in [1.29, 1.82) is 0 Å². The smallest absolute Gasteiger partial charge is 0.304 e. The molecule has 2 saturated heterocycles. The fourth-order valence-corrected chi connectivity index (χ4v) is 6.49. The molecule has 10 nitrogen and oxygen atoms in total. The molecule has 2 unspecified atom stereocenters. The highest BCUT2D eigenvalue weighted by molar-refractivity contribution is 7.87. The second-order valence-electron chi connectivity index (χ2n) is 10.6. The number of ether oxygens (including phenoxy) is 2. The molecule has 4 heterocycles. The van der Waals surface area contributed by atoms with E-state index in [1.807, 2.05) is 4.90 Å². The van der Waals surface area contributed by atoms with Crippen LogP contribution < -0.4 is 14.4 Å². The Labute approximate surface area is 231 Å². The summed E-state index contributed by atoms with van der Waals surface area (Å²) in [6.45, 7) is 1.23. The molecule has 0 bridgehead atoms. The van der Waals surface area contributed by atoms with Crippen molar-refractivity contribution >= 4 is 27.5 Å². The number of alkyl halides is 1. The second-order valence-corrected chi connectivity index (χ2v) is 12.3. The van der Waals surface area contributed by atoms with Crippen LogP contribution in [0.1, 0.15) is 54.2 Å². The monoisotopic (exact) mass is 575 g/mol. The zero-order valence-electron chi connectivity index (χ0n) is 22.0. The highest BCUT2D eigenvalue weighted by Gasteiger charge is 2.37. The van der Waals surface area contributed by atoms with E-state index in [0.717, 1.165) is 17.1 Å². The summed E-state index contributed by atoms with van der Waals surface area (Å²) >= 11 is 0. The number of hydrogen-bond donors (Lipinski definition) is 1.